The average Bonchev–Trinajstić information content (AvgIpc) is 3.38. The van der Waals surface area contributed by atoms with Gasteiger partial charge in [0.15, 0.2) is 0 Å². The highest BCUT2D eigenvalue weighted by molar-refractivity contribution is 7.95. The van der Waals surface area contributed by atoms with Gasteiger partial charge in [-0.05, 0) is 107 Å². The van der Waals surface area contributed by atoms with Gasteiger partial charge in [0.25, 0.3) is 0 Å². The van der Waals surface area contributed by atoms with Crippen molar-refractivity contribution in [2.45, 2.75) is 73.6 Å². The van der Waals surface area contributed by atoms with E-state index in [1.165, 1.54) is 12.8 Å². The fourth-order valence-electron chi connectivity index (χ4n) is 6.66. The molecular formula is C31H39O3P. The van der Waals surface area contributed by atoms with E-state index in [0.717, 1.165) is 52.1 Å². The molecule has 0 aromatic heterocycles. The van der Waals surface area contributed by atoms with Crippen LogP contribution in [0.3, 0.4) is 0 Å². The predicted molar refractivity (Wildman–Crippen MR) is 145 cm³/mol. The largest absolute Gasteiger partial charge is 0.307 e. The van der Waals surface area contributed by atoms with Crippen molar-refractivity contribution in [2.75, 3.05) is 6.16 Å². The lowest BCUT2D eigenvalue weighted by Gasteiger charge is -2.22. The molecule has 3 nitrogen and oxygen atoms in total. The van der Waals surface area contributed by atoms with Gasteiger partial charge < -0.3 is 4.57 Å². The van der Waals surface area contributed by atoms with Crippen molar-refractivity contribution >= 4 is 18.2 Å². The maximum absolute atomic E-state index is 14.6. The van der Waals surface area contributed by atoms with E-state index in [9.17, 15) is 14.2 Å². The zero-order chi connectivity index (χ0) is 25.5. The maximum atomic E-state index is 14.6. The average molecular weight is 491 g/mol. The van der Waals surface area contributed by atoms with E-state index in [2.05, 4.69) is 12.2 Å². The fourth-order valence-corrected chi connectivity index (χ4v) is 9.35. The van der Waals surface area contributed by atoms with Crippen molar-refractivity contribution in [3.63, 3.8) is 0 Å². The molecule has 0 spiro atoms. The number of benzene rings is 2. The third kappa shape index (κ3) is 5.03. The van der Waals surface area contributed by atoms with E-state index in [1.807, 2.05) is 65.8 Å². The maximum Gasteiger partial charge on any atom is 0.229 e. The highest BCUT2D eigenvalue weighted by atomic mass is 31.2. The molecule has 0 saturated heterocycles. The summed E-state index contributed by atoms with van der Waals surface area (Å²) < 4.78 is 14.6. The molecule has 0 heterocycles. The number of rotatable bonds is 9. The van der Waals surface area contributed by atoms with Gasteiger partial charge in [-0.25, -0.2) is 0 Å². The van der Waals surface area contributed by atoms with Crippen LogP contribution in [0.4, 0.5) is 0 Å². The van der Waals surface area contributed by atoms with Crippen molar-refractivity contribution in [1.29, 1.82) is 0 Å². The standard InChI is InChI=1S/C31H39O3P/c1-19-13-21(3)28(22(4)14-19)30(32)35(34,31(33)29-23(5)15-20(2)16-24(29)6)12-8-7-9-26-17-25-10-11-27(26)18-25/h10-11,13-16,25-27H,7-9,12,17-18H2,1-6H3. The van der Waals surface area contributed by atoms with Crippen LogP contribution in [0.5, 0.6) is 0 Å². The molecule has 2 aromatic carbocycles. The molecule has 1 fully saturated rings. The van der Waals surface area contributed by atoms with Gasteiger partial charge >= 0.3 is 0 Å². The quantitative estimate of drug-likeness (QED) is 0.202. The van der Waals surface area contributed by atoms with Crippen molar-refractivity contribution in [1.82, 2.24) is 0 Å². The van der Waals surface area contributed by atoms with Gasteiger partial charge in [0.05, 0.1) is 0 Å². The van der Waals surface area contributed by atoms with E-state index in [-0.39, 0.29) is 6.16 Å². The van der Waals surface area contributed by atoms with Gasteiger partial charge in [-0.2, -0.15) is 0 Å². The summed E-state index contributed by atoms with van der Waals surface area (Å²) in [4.78, 5) is 28.0. The van der Waals surface area contributed by atoms with E-state index >= 15 is 0 Å². The molecule has 0 amide bonds. The molecule has 2 aliphatic rings. The van der Waals surface area contributed by atoms with E-state index in [4.69, 9.17) is 0 Å². The lowest BCUT2D eigenvalue weighted by molar-refractivity contribution is 0.103. The Kier molecular flexibility index (Phi) is 7.39. The molecule has 186 valence electrons. The van der Waals surface area contributed by atoms with Gasteiger partial charge in [-0.3, -0.25) is 9.59 Å². The summed E-state index contributed by atoms with van der Waals surface area (Å²) in [7, 11) is -3.85. The Hall–Kier alpha value is -2.25. The number of unbranched alkanes of at least 4 members (excludes halogenated alkanes) is 1. The number of hydrogen-bond donors (Lipinski definition) is 0. The van der Waals surface area contributed by atoms with Gasteiger partial charge in [0.2, 0.25) is 18.2 Å². The lowest BCUT2D eigenvalue weighted by Crippen LogP contribution is -2.18. The molecule has 3 unspecified atom stereocenters. The van der Waals surface area contributed by atoms with E-state index in [0.29, 0.717) is 29.4 Å². The molecule has 2 aliphatic carbocycles. The number of carbonyl (C=O) groups excluding carboxylic acids is 2. The molecule has 3 atom stereocenters. The fraction of sp³-hybridized carbons (Fsp3) is 0.484. The first kappa shape index (κ1) is 25.8. The normalized spacial score (nSPS) is 21.0. The highest BCUT2D eigenvalue weighted by Crippen LogP contribution is 2.54. The Balaban J connectivity index is 1.63. The molecule has 0 aliphatic heterocycles. The molecule has 35 heavy (non-hydrogen) atoms. The number of aryl methyl sites for hydroxylation is 6. The zero-order valence-electron chi connectivity index (χ0n) is 22.1. The van der Waals surface area contributed by atoms with Crippen LogP contribution in [0.15, 0.2) is 36.4 Å². The number of carbonyl (C=O) groups is 2. The van der Waals surface area contributed by atoms with Crippen molar-refractivity contribution < 1.29 is 14.2 Å². The summed E-state index contributed by atoms with van der Waals surface area (Å²) in [5, 5.41) is 0. The van der Waals surface area contributed by atoms with Crippen LogP contribution in [0.25, 0.3) is 0 Å². The van der Waals surface area contributed by atoms with Crippen LogP contribution in [-0.2, 0) is 4.57 Å². The first-order valence-corrected chi connectivity index (χ1v) is 14.9. The first-order chi connectivity index (χ1) is 16.5. The zero-order valence-corrected chi connectivity index (χ0v) is 23.0. The molecule has 2 bridgehead atoms. The lowest BCUT2D eigenvalue weighted by atomic mass is 9.89. The summed E-state index contributed by atoms with van der Waals surface area (Å²) in [6.45, 7) is 11.5. The molecule has 4 heteroatoms. The third-order valence-corrected chi connectivity index (χ3v) is 10.9. The highest BCUT2D eigenvalue weighted by Gasteiger charge is 2.43. The van der Waals surface area contributed by atoms with Crippen LogP contribution in [0, 0.1) is 59.3 Å². The molecule has 0 N–H and O–H groups in total. The predicted octanol–water partition coefficient (Wildman–Crippen LogP) is 8.26. The Bertz CT molecular complexity index is 1130. The second-order valence-corrected chi connectivity index (χ2v) is 13.9. The molecular weight excluding hydrogens is 451 g/mol. The minimum Gasteiger partial charge on any atom is -0.307 e. The summed E-state index contributed by atoms with van der Waals surface area (Å²) in [6, 6.07) is 7.78. The van der Waals surface area contributed by atoms with Crippen molar-refractivity contribution in [3.05, 3.63) is 80.9 Å². The number of fused-ring (bicyclic) bond motifs is 2. The van der Waals surface area contributed by atoms with Crippen LogP contribution >= 0.6 is 7.14 Å². The monoisotopic (exact) mass is 490 g/mol. The Morgan fingerprint density at radius 1 is 0.743 bits per heavy atom. The summed E-state index contributed by atoms with van der Waals surface area (Å²) in [5.41, 5.74) is 5.32. The second-order valence-electron chi connectivity index (χ2n) is 11.2. The van der Waals surface area contributed by atoms with Crippen LogP contribution < -0.4 is 0 Å². The van der Waals surface area contributed by atoms with Crippen LogP contribution in [0.1, 0.15) is 86.2 Å². The van der Waals surface area contributed by atoms with Crippen molar-refractivity contribution in [2.24, 2.45) is 17.8 Å². The second kappa shape index (κ2) is 10.0. The van der Waals surface area contributed by atoms with Gasteiger partial charge in [-0.1, -0.05) is 54.0 Å². The summed E-state index contributed by atoms with van der Waals surface area (Å²) >= 11 is 0. The topological polar surface area (TPSA) is 51.2 Å². The minimum atomic E-state index is -3.85. The number of hydrogen-bond acceptors (Lipinski definition) is 3. The van der Waals surface area contributed by atoms with E-state index in [1.54, 1.807) is 0 Å². The summed E-state index contributed by atoms with van der Waals surface area (Å²) in [6.07, 6.45) is 10.0. The van der Waals surface area contributed by atoms with Gasteiger partial charge in [-0.15, -0.1) is 0 Å². The molecule has 2 aromatic rings. The smallest absolute Gasteiger partial charge is 0.229 e. The minimum absolute atomic E-state index is 0.154. The molecule has 1 saturated carbocycles. The van der Waals surface area contributed by atoms with Crippen molar-refractivity contribution in [3.8, 4) is 0 Å². The van der Waals surface area contributed by atoms with Crippen LogP contribution in [-0.4, -0.2) is 17.2 Å². The Morgan fingerprint density at radius 2 is 1.23 bits per heavy atom. The third-order valence-electron chi connectivity index (χ3n) is 8.15. The Labute approximate surface area is 210 Å². The molecule has 4 rings (SSSR count). The first-order valence-electron chi connectivity index (χ1n) is 13.0. The van der Waals surface area contributed by atoms with E-state index < -0.39 is 18.2 Å². The van der Waals surface area contributed by atoms with Crippen LogP contribution in [0.2, 0.25) is 0 Å². The van der Waals surface area contributed by atoms with Gasteiger partial charge in [0, 0.05) is 17.3 Å². The SMILES string of the molecule is Cc1cc(C)c(C(=O)P(=O)(CCCCC2CC3C=CC2C3)C(=O)c2c(C)cc(C)cc2C)c(C)c1. The summed E-state index contributed by atoms with van der Waals surface area (Å²) in [5.74, 6) is 2.11. The molecule has 0 radical (unpaired) electrons. The van der Waals surface area contributed by atoms with Gasteiger partial charge in [0.1, 0.15) is 0 Å². The number of allylic oxidation sites excluding steroid dienone is 2. The Morgan fingerprint density at radius 3 is 1.63 bits per heavy atom.